The zero-order chi connectivity index (χ0) is 19.5. The first-order valence-electron chi connectivity index (χ1n) is 7.00. The minimum Gasteiger partial charge on any atom is -0.457 e. The lowest BCUT2D eigenvalue weighted by Crippen LogP contribution is -2.30. The highest BCUT2D eigenvalue weighted by Crippen LogP contribution is 2.37. The monoisotopic (exact) mass is 372 g/mol. The third-order valence-corrected chi connectivity index (χ3v) is 3.15. The van der Waals surface area contributed by atoms with E-state index in [1.165, 1.54) is 18.4 Å². The molecule has 1 aromatic carbocycles. The third-order valence-electron chi connectivity index (χ3n) is 3.15. The molecule has 0 saturated heterocycles. The van der Waals surface area contributed by atoms with Crippen LogP contribution in [0.4, 0.5) is 24.5 Å². The van der Waals surface area contributed by atoms with Crippen LogP contribution in [-0.4, -0.2) is 22.9 Å². The highest BCUT2D eigenvalue weighted by Gasteiger charge is 2.36. The van der Waals surface area contributed by atoms with Crippen molar-refractivity contribution in [1.29, 1.82) is 0 Å². The van der Waals surface area contributed by atoms with Crippen LogP contribution in [0.2, 0.25) is 0 Å². The number of ether oxygens (including phenoxy) is 1. The van der Waals surface area contributed by atoms with Crippen LogP contribution < -0.4 is 5.32 Å². The zero-order valence-electron chi connectivity index (χ0n) is 13.1. The number of amides is 1. The Labute approximate surface area is 143 Å². The molecule has 26 heavy (non-hydrogen) atoms. The molecule has 1 aromatic heterocycles. The molecule has 0 aliphatic rings. The van der Waals surface area contributed by atoms with Gasteiger partial charge in [0.1, 0.15) is 0 Å². The van der Waals surface area contributed by atoms with Crippen LogP contribution in [-0.2, 0) is 15.7 Å². The van der Waals surface area contributed by atoms with E-state index in [-0.39, 0.29) is 5.76 Å². The summed E-state index contributed by atoms with van der Waals surface area (Å²) in [4.78, 5) is 33.3. The Balaban J connectivity index is 2.17. The van der Waals surface area contributed by atoms with E-state index >= 15 is 0 Å². The number of hydrogen-bond acceptors (Lipinski definition) is 6. The molecule has 2 rings (SSSR count). The minimum atomic E-state index is -4.94. The van der Waals surface area contributed by atoms with E-state index in [2.05, 4.69) is 0 Å². The largest absolute Gasteiger partial charge is 0.457 e. The summed E-state index contributed by atoms with van der Waals surface area (Å²) < 4.78 is 48.8. The number of nitro benzene ring substituents is 1. The normalized spacial score (nSPS) is 12.3. The first-order chi connectivity index (χ1) is 12.1. The number of anilines is 1. The average Bonchev–Trinajstić information content (AvgIpc) is 3.08. The maximum absolute atomic E-state index is 13.1. The number of non-ortho nitro benzene ring substituents is 1. The van der Waals surface area contributed by atoms with Gasteiger partial charge in [0.05, 0.1) is 22.4 Å². The van der Waals surface area contributed by atoms with Crippen molar-refractivity contribution in [3.63, 3.8) is 0 Å². The smallest absolute Gasteiger partial charge is 0.418 e. The van der Waals surface area contributed by atoms with Crippen molar-refractivity contribution in [2.24, 2.45) is 0 Å². The molecule has 0 saturated carbocycles. The van der Waals surface area contributed by atoms with Crippen LogP contribution in [0.15, 0.2) is 41.0 Å². The summed E-state index contributed by atoms with van der Waals surface area (Å²) in [6.45, 7) is 1.15. The van der Waals surface area contributed by atoms with E-state index in [4.69, 9.17) is 9.15 Å². The number of carbonyl (C=O) groups is 2. The lowest BCUT2D eigenvalue weighted by Gasteiger charge is -2.16. The second-order valence-electron chi connectivity index (χ2n) is 5.00. The summed E-state index contributed by atoms with van der Waals surface area (Å²) >= 11 is 0. The molecule has 0 bridgehead atoms. The van der Waals surface area contributed by atoms with Gasteiger partial charge in [-0.25, -0.2) is 4.79 Å². The van der Waals surface area contributed by atoms with Gasteiger partial charge in [-0.1, -0.05) is 0 Å². The molecule has 0 spiro atoms. The van der Waals surface area contributed by atoms with Gasteiger partial charge in [-0.05, 0) is 25.1 Å². The molecular formula is C15H11F3N2O6. The Kier molecular flexibility index (Phi) is 5.29. The van der Waals surface area contributed by atoms with Gasteiger partial charge in [-0.2, -0.15) is 13.2 Å². The molecule has 8 nitrogen and oxygen atoms in total. The number of benzene rings is 1. The van der Waals surface area contributed by atoms with Gasteiger partial charge < -0.3 is 14.5 Å². The molecule has 0 radical (unpaired) electrons. The molecule has 1 amide bonds. The molecule has 0 unspecified atom stereocenters. The van der Waals surface area contributed by atoms with Crippen molar-refractivity contribution in [1.82, 2.24) is 0 Å². The number of esters is 1. The number of rotatable bonds is 5. The van der Waals surface area contributed by atoms with E-state index in [9.17, 15) is 32.9 Å². The number of furan rings is 1. The Bertz CT molecular complexity index is 832. The van der Waals surface area contributed by atoms with Gasteiger partial charge in [0, 0.05) is 12.1 Å². The van der Waals surface area contributed by atoms with E-state index in [0.717, 1.165) is 19.1 Å². The number of nitrogens with zero attached hydrogens (tertiary/aromatic N) is 1. The molecule has 138 valence electrons. The van der Waals surface area contributed by atoms with Crippen molar-refractivity contribution in [2.45, 2.75) is 19.2 Å². The van der Waals surface area contributed by atoms with E-state index in [0.29, 0.717) is 6.07 Å². The molecule has 1 heterocycles. The Morgan fingerprint density at radius 3 is 2.54 bits per heavy atom. The van der Waals surface area contributed by atoms with Crippen LogP contribution in [0.3, 0.4) is 0 Å². The fourth-order valence-electron chi connectivity index (χ4n) is 1.89. The molecule has 11 heteroatoms. The highest BCUT2D eigenvalue weighted by molar-refractivity contribution is 5.97. The van der Waals surface area contributed by atoms with Crippen molar-refractivity contribution in [3.05, 3.63) is 58.0 Å². The lowest BCUT2D eigenvalue weighted by atomic mass is 10.1. The standard InChI is InChI=1S/C15H11F3N2O6/c1-8(26-14(22)12-3-2-6-25-12)13(21)19-11-5-4-9(20(23)24)7-10(11)15(16,17)18/h2-8H,1H3,(H,19,21)/t8-/m1/s1. The van der Waals surface area contributed by atoms with E-state index in [1.54, 1.807) is 0 Å². The van der Waals surface area contributed by atoms with E-state index in [1.807, 2.05) is 5.32 Å². The van der Waals surface area contributed by atoms with Crippen molar-refractivity contribution >= 4 is 23.3 Å². The SMILES string of the molecule is C[C@@H](OC(=O)c1ccco1)C(=O)Nc1ccc([N+](=O)[O-])cc1C(F)(F)F. The number of nitrogens with one attached hydrogen (secondary N) is 1. The first-order valence-corrected chi connectivity index (χ1v) is 7.00. The highest BCUT2D eigenvalue weighted by atomic mass is 19.4. The Morgan fingerprint density at radius 1 is 1.31 bits per heavy atom. The second-order valence-corrected chi connectivity index (χ2v) is 5.00. The second kappa shape index (κ2) is 7.25. The topological polar surface area (TPSA) is 112 Å². The van der Waals surface area contributed by atoms with Crippen LogP contribution in [0.1, 0.15) is 23.0 Å². The van der Waals surface area contributed by atoms with Gasteiger partial charge in [-0.3, -0.25) is 14.9 Å². The van der Waals surface area contributed by atoms with Crippen molar-refractivity contribution < 1.29 is 36.8 Å². The summed E-state index contributed by atoms with van der Waals surface area (Å²) in [5.74, 6) is -2.21. The molecule has 0 aliphatic carbocycles. The van der Waals surface area contributed by atoms with Gasteiger partial charge >= 0.3 is 12.1 Å². The molecule has 1 N–H and O–H groups in total. The maximum Gasteiger partial charge on any atom is 0.418 e. The predicted molar refractivity (Wildman–Crippen MR) is 80.3 cm³/mol. The summed E-state index contributed by atoms with van der Waals surface area (Å²) in [6, 6.07) is 4.55. The molecular weight excluding hydrogens is 361 g/mol. The van der Waals surface area contributed by atoms with Crippen LogP contribution in [0.25, 0.3) is 0 Å². The van der Waals surface area contributed by atoms with E-state index < -0.39 is 46.0 Å². The van der Waals surface area contributed by atoms with Gasteiger partial charge in [0.25, 0.3) is 11.6 Å². The summed E-state index contributed by atoms with van der Waals surface area (Å²) in [6.07, 6.45) is -5.18. The quantitative estimate of drug-likeness (QED) is 0.489. The number of hydrogen-bond donors (Lipinski definition) is 1. The summed E-state index contributed by atoms with van der Waals surface area (Å²) in [7, 11) is 0. The first kappa shape index (κ1) is 19.0. The average molecular weight is 372 g/mol. The summed E-state index contributed by atoms with van der Waals surface area (Å²) in [5.41, 5.74) is -2.88. The van der Waals surface area contributed by atoms with Crippen LogP contribution >= 0.6 is 0 Å². The number of alkyl halides is 3. The summed E-state index contributed by atoms with van der Waals surface area (Å²) in [5, 5.41) is 12.6. The minimum absolute atomic E-state index is 0.184. The lowest BCUT2D eigenvalue weighted by molar-refractivity contribution is -0.385. The molecule has 0 fully saturated rings. The van der Waals surface area contributed by atoms with Gasteiger partial charge in [0.2, 0.25) is 5.76 Å². The predicted octanol–water partition coefficient (Wildman–Crippen LogP) is 3.39. The van der Waals surface area contributed by atoms with Crippen LogP contribution in [0, 0.1) is 10.1 Å². The van der Waals surface area contributed by atoms with Crippen molar-refractivity contribution in [2.75, 3.05) is 5.32 Å². The number of carbonyl (C=O) groups excluding carboxylic acids is 2. The van der Waals surface area contributed by atoms with Gasteiger partial charge in [-0.15, -0.1) is 0 Å². The van der Waals surface area contributed by atoms with Crippen molar-refractivity contribution in [3.8, 4) is 0 Å². The molecule has 0 aliphatic heterocycles. The van der Waals surface area contributed by atoms with Crippen LogP contribution in [0.5, 0.6) is 0 Å². The van der Waals surface area contributed by atoms with Gasteiger partial charge in [0.15, 0.2) is 6.10 Å². The fourth-order valence-corrected chi connectivity index (χ4v) is 1.89. The Hall–Kier alpha value is -3.37. The maximum atomic E-state index is 13.1. The number of halogens is 3. The number of nitro groups is 1. The molecule has 2 aromatic rings. The zero-order valence-corrected chi connectivity index (χ0v) is 13.1. The molecule has 1 atom stereocenters. The fraction of sp³-hybridized carbons (Fsp3) is 0.200. The Morgan fingerprint density at radius 2 is 2.00 bits per heavy atom. The third kappa shape index (κ3) is 4.37.